The van der Waals surface area contributed by atoms with Gasteiger partial charge in [0.05, 0.1) is 11.8 Å². The molecule has 0 aliphatic carbocycles. The summed E-state index contributed by atoms with van der Waals surface area (Å²) in [5, 5.41) is 2.80. The Hall–Kier alpha value is -1.94. The number of amides is 1. The predicted octanol–water partition coefficient (Wildman–Crippen LogP) is 4.31. The summed E-state index contributed by atoms with van der Waals surface area (Å²) in [6, 6.07) is 18.1. The van der Waals surface area contributed by atoms with Crippen molar-refractivity contribution in [1.82, 2.24) is 5.32 Å². The van der Waals surface area contributed by atoms with Crippen LogP contribution < -0.4 is 10.1 Å². The number of ether oxygens (including phenoxy) is 1. The van der Waals surface area contributed by atoms with E-state index in [1.807, 2.05) is 49.4 Å². The summed E-state index contributed by atoms with van der Waals surface area (Å²) in [5.41, 5.74) is 1.32. The Morgan fingerprint density at radius 3 is 2.50 bits per heavy atom. The van der Waals surface area contributed by atoms with Crippen molar-refractivity contribution in [2.24, 2.45) is 0 Å². The van der Waals surface area contributed by atoms with Gasteiger partial charge in [-0.2, -0.15) is 0 Å². The number of hydrogen-bond acceptors (Lipinski definition) is 3. The Morgan fingerprint density at radius 2 is 1.83 bits per heavy atom. The van der Waals surface area contributed by atoms with E-state index in [0.29, 0.717) is 13.2 Å². The maximum atomic E-state index is 12.1. The molecule has 0 radical (unpaired) electrons. The summed E-state index contributed by atoms with van der Waals surface area (Å²) >= 11 is 1.56. The molecule has 2 rings (SSSR count). The van der Waals surface area contributed by atoms with Crippen LogP contribution in [0.2, 0.25) is 0 Å². The molecular weight excluding hydrogens is 318 g/mol. The van der Waals surface area contributed by atoms with Gasteiger partial charge in [-0.05, 0) is 43.2 Å². The number of carbonyl (C=O) groups excluding carboxylic acids is 1. The smallest absolute Gasteiger partial charge is 0.233 e. The van der Waals surface area contributed by atoms with E-state index in [-0.39, 0.29) is 11.2 Å². The van der Waals surface area contributed by atoms with Crippen molar-refractivity contribution in [1.29, 1.82) is 0 Å². The second kappa shape index (κ2) is 10.0. The first-order chi connectivity index (χ1) is 11.7. The first kappa shape index (κ1) is 18.4. The van der Waals surface area contributed by atoms with Crippen LogP contribution in [0.1, 0.15) is 25.8 Å². The van der Waals surface area contributed by atoms with Gasteiger partial charge in [0.25, 0.3) is 0 Å². The first-order valence-electron chi connectivity index (χ1n) is 8.40. The number of rotatable bonds is 9. The van der Waals surface area contributed by atoms with Crippen LogP contribution in [0, 0.1) is 0 Å². The van der Waals surface area contributed by atoms with Gasteiger partial charge in [-0.25, -0.2) is 0 Å². The molecule has 3 nitrogen and oxygen atoms in total. The van der Waals surface area contributed by atoms with E-state index in [4.69, 9.17) is 4.74 Å². The number of hydrogen-bond donors (Lipinski definition) is 1. The van der Waals surface area contributed by atoms with Gasteiger partial charge >= 0.3 is 0 Å². The highest BCUT2D eigenvalue weighted by Crippen LogP contribution is 2.22. The van der Waals surface area contributed by atoms with Crippen molar-refractivity contribution in [2.45, 2.75) is 36.8 Å². The van der Waals surface area contributed by atoms with Crippen LogP contribution in [-0.2, 0) is 11.2 Å². The number of nitrogens with one attached hydrogen (secondary N) is 1. The Kier molecular flexibility index (Phi) is 7.69. The van der Waals surface area contributed by atoms with Crippen LogP contribution >= 0.6 is 11.8 Å². The lowest BCUT2D eigenvalue weighted by Crippen LogP contribution is -2.33. The van der Waals surface area contributed by atoms with E-state index in [9.17, 15) is 4.79 Å². The lowest BCUT2D eigenvalue weighted by molar-refractivity contribution is -0.120. The van der Waals surface area contributed by atoms with Crippen molar-refractivity contribution in [3.8, 4) is 5.75 Å². The van der Waals surface area contributed by atoms with E-state index in [2.05, 4.69) is 24.4 Å². The lowest BCUT2D eigenvalue weighted by atomic mass is 10.1. The van der Waals surface area contributed by atoms with Crippen LogP contribution in [0.5, 0.6) is 5.75 Å². The molecule has 2 aromatic carbocycles. The normalized spacial score (nSPS) is 11.8. The minimum Gasteiger partial charge on any atom is -0.492 e. The zero-order valence-corrected chi connectivity index (χ0v) is 15.1. The molecule has 1 amide bonds. The van der Waals surface area contributed by atoms with Crippen LogP contribution in [0.15, 0.2) is 59.5 Å². The van der Waals surface area contributed by atoms with E-state index < -0.39 is 0 Å². The van der Waals surface area contributed by atoms with Gasteiger partial charge in [-0.15, -0.1) is 11.8 Å². The fraction of sp³-hybridized carbons (Fsp3) is 0.350. The van der Waals surface area contributed by atoms with Gasteiger partial charge in [0, 0.05) is 4.90 Å². The SMILES string of the molecule is CCCc1ccc(OCCNC(=O)[C@H](C)Sc2ccccc2)cc1. The molecule has 1 N–H and O–H groups in total. The zero-order chi connectivity index (χ0) is 17.2. The number of carbonyl (C=O) groups is 1. The fourth-order valence-electron chi connectivity index (χ4n) is 2.28. The molecular formula is C20H25NO2S. The molecule has 1 atom stereocenters. The molecule has 2 aromatic rings. The van der Waals surface area contributed by atoms with Crippen molar-refractivity contribution < 1.29 is 9.53 Å². The first-order valence-corrected chi connectivity index (χ1v) is 9.28. The van der Waals surface area contributed by atoms with E-state index in [1.54, 1.807) is 11.8 Å². The summed E-state index contributed by atoms with van der Waals surface area (Å²) < 4.78 is 5.67. The summed E-state index contributed by atoms with van der Waals surface area (Å²) in [6.45, 7) is 5.07. The standard InChI is InChI=1S/C20H25NO2S/c1-3-7-17-10-12-18(13-11-17)23-15-14-21-20(22)16(2)24-19-8-5-4-6-9-19/h4-6,8-13,16H,3,7,14-15H2,1-2H3,(H,21,22)/t16-/m0/s1. The molecule has 0 saturated heterocycles. The summed E-state index contributed by atoms with van der Waals surface area (Å²) in [4.78, 5) is 13.2. The minimum absolute atomic E-state index is 0.0331. The minimum atomic E-state index is -0.124. The Balaban J connectivity index is 1.66. The molecule has 0 fully saturated rings. The number of aryl methyl sites for hydroxylation is 1. The summed E-state index contributed by atoms with van der Waals surface area (Å²) in [7, 11) is 0. The Labute approximate surface area is 148 Å². The average Bonchev–Trinajstić information content (AvgIpc) is 2.61. The molecule has 24 heavy (non-hydrogen) atoms. The fourth-order valence-corrected chi connectivity index (χ4v) is 3.20. The second-order valence-electron chi connectivity index (χ2n) is 5.61. The molecule has 0 aromatic heterocycles. The third-order valence-electron chi connectivity index (χ3n) is 3.56. The highest BCUT2D eigenvalue weighted by Gasteiger charge is 2.13. The van der Waals surface area contributed by atoms with Crippen LogP contribution in [-0.4, -0.2) is 24.3 Å². The quantitative estimate of drug-likeness (QED) is 0.544. The largest absolute Gasteiger partial charge is 0.492 e. The Bertz CT molecular complexity index is 613. The van der Waals surface area contributed by atoms with Crippen molar-refractivity contribution in [2.75, 3.05) is 13.2 Å². The highest BCUT2D eigenvalue weighted by molar-refractivity contribution is 8.00. The van der Waals surface area contributed by atoms with E-state index in [1.165, 1.54) is 5.56 Å². The number of thioether (sulfide) groups is 1. The molecule has 128 valence electrons. The van der Waals surface area contributed by atoms with Crippen LogP contribution in [0.25, 0.3) is 0 Å². The molecule has 0 unspecified atom stereocenters. The molecule has 0 aliphatic rings. The van der Waals surface area contributed by atoms with E-state index in [0.717, 1.165) is 23.5 Å². The van der Waals surface area contributed by atoms with Crippen LogP contribution in [0.3, 0.4) is 0 Å². The Morgan fingerprint density at radius 1 is 1.12 bits per heavy atom. The van der Waals surface area contributed by atoms with Gasteiger partial charge < -0.3 is 10.1 Å². The van der Waals surface area contributed by atoms with Crippen molar-refractivity contribution in [3.63, 3.8) is 0 Å². The highest BCUT2D eigenvalue weighted by atomic mass is 32.2. The summed E-state index contributed by atoms with van der Waals surface area (Å²) in [5.74, 6) is 0.876. The van der Waals surface area contributed by atoms with Crippen LogP contribution in [0.4, 0.5) is 0 Å². The zero-order valence-electron chi connectivity index (χ0n) is 14.3. The predicted molar refractivity (Wildman–Crippen MR) is 101 cm³/mol. The maximum absolute atomic E-state index is 12.1. The van der Waals surface area contributed by atoms with Gasteiger partial charge in [0.1, 0.15) is 12.4 Å². The summed E-state index contributed by atoms with van der Waals surface area (Å²) in [6.07, 6.45) is 2.23. The molecule has 0 bridgehead atoms. The van der Waals surface area contributed by atoms with E-state index >= 15 is 0 Å². The molecule has 0 aliphatic heterocycles. The van der Waals surface area contributed by atoms with Gasteiger partial charge in [-0.3, -0.25) is 4.79 Å². The van der Waals surface area contributed by atoms with Gasteiger partial charge in [0.15, 0.2) is 0 Å². The second-order valence-corrected chi connectivity index (χ2v) is 7.02. The van der Waals surface area contributed by atoms with Gasteiger partial charge in [0.2, 0.25) is 5.91 Å². The van der Waals surface area contributed by atoms with Gasteiger partial charge in [-0.1, -0.05) is 43.7 Å². The molecule has 0 heterocycles. The molecule has 4 heteroatoms. The topological polar surface area (TPSA) is 38.3 Å². The average molecular weight is 343 g/mol. The maximum Gasteiger partial charge on any atom is 0.233 e. The number of benzene rings is 2. The van der Waals surface area contributed by atoms with Crippen molar-refractivity contribution >= 4 is 17.7 Å². The molecule has 0 saturated carbocycles. The third kappa shape index (κ3) is 6.28. The third-order valence-corrected chi connectivity index (χ3v) is 4.67. The lowest BCUT2D eigenvalue weighted by Gasteiger charge is -2.12. The monoisotopic (exact) mass is 343 g/mol. The van der Waals surface area contributed by atoms with Crippen molar-refractivity contribution in [3.05, 3.63) is 60.2 Å². The molecule has 0 spiro atoms.